The van der Waals surface area contributed by atoms with Gasteiger partial charge in [0, 0.05) is 30.0 Å². The summed E-state index contributed by atoms with van der Waals surface area (Å²) in [5, 5.41) is 7.09. The second kappa shape index (κ2) is 6.24. The van der Waals surface area contributed by atoms with Crippen LogP contribution in [0.3, 0.4) is 0 Å². The van der Waals surface area contributed by atoms with Crippen LogP contribution >= 0.6 is 0 Å². The molecule has 2 aromatic rings. The van der Waals surface area contributed by atoms with Gasteiger partial charge in [-0.2, -0.15) is 5.10 Å². The van der Waals surface area contributed by atoms with Gasteiger partial charge in [0.25, 0.3) is 0 Å². The van der Waals surface area contributed by atoms with E-state index in [2.05, 4.69) is 31.0 Å². The Labute approximate surface area is 154 Å². The number of benzene rings is 2. The number of hydrogen-bond acceptors (Lipinski definition) is 5. The fraction of sp³-hybridized carbons (Fsp3) is 0.381. The quantitative estimate of drug-likeness (QED) is 0.819. The summed E-state index contributed by atoms with van der Waals surface area (Å²) in [5.74, 6) is 2.50. The summed E-state index contributed by atoms with van der Waals surface area (Å²) in [4.78, 5) is 0. The molecule has 5 heteroatoms. The predicted octanol–water partition coefficient (Wildman–Crippen LogP) is 4.37. The summed E-state index contributed by atoms with van der Waals surface area (Å²) in [7, 11) is 3.33. The summed E-state index contributed by atoms with van der Waals surface area (Å²) < 4.78 is 17.2. The van der Waals surface area contributed by atoms with E-state index in [1.54, 1.807) is 14.2 Å². The van der Waals surface area contributed by atoms with Crippen molar-refractivity contribution in [3.8, 4) is 17.2 Å². The molecule has 0 radical (unpaired) electrons. The zero-order chi connectivity index (χ0) is 18.3. The van der Waals surface area contributed by atoms with Gasteiger partial charge in [0.1, 0.15) is 17.2 Å². The van der Waals surface area contributed by atoms with Gasteiger partial charge in [-0.25, -0.2) is 5.01 Å². The molecule has 0 aromatic heterocycles. The Bertz CT molecular complexity index is 864. The molecular weight excluding hydrogens is 328 g/mol. The molecule has 2 unspecified atom stereocenters. The van der Waals surface area contributed by atoms with E-state index in [9.17, 15) is 0 Å². The van der Waals surface area contributed by atoms with Crippen LogP contribution in [0, 0.1) is 0 Å². The SMILES string of the molecule is CCC1(C)Oc2ccccc2C2CC(c3ccc(OC)cc3OC)=NN21. The van der Waals surface area contributed by atoms with Crippen molar-refractivity contribution in [2.24, 2.45) is 5.10 Å². The molecule has 0 amide bonds. The Morgan fingerprint density at radius 3 is 2.73 bits per heavy atom. The molecule has 5 nitrogen and oxygen atoms in total. The summed E-state index contributed by atoms with van der Waals surface area (Å²) in [6, 6.07) is 14.3. The van der Waals surface area contributed by atoms with Gasteiger partial charge in [-0.3, -0.25) is 0 Å². The molecule has 0 aliphatic carbocycles. The first-order chi connectivity index (χ1) is 12.6. The highest BCUT2D eigenvalue weighted by atomic mass is 16.5. The van der Waals surface area contributed by atoms with Crippen LogP contribution in [-0.2, 0) is 0 Å². The second-order valence-electron chi connectivity index (χ2n) is 6.85. The third-order valence-corrected chi connectivity index (χ3v) is 5.38. The molecular formula is C21H24N2O3. The normalized spacial score (nSPS) is 23.6. The monoisotopic (exact) mass is 352 g/mol. The number of methoxy groups -OCH3 is 2. The minimum Gasteiger partial charge on any atom is -0.497 e. The van der Waals surface area contributed by atoms with E-state index in [0.717, 1.165) is 41.4 Å². The number of nitrogens with zero attached hydrogens (tertiary/aromatic N) is 2. The fourth-order valence-electron chi connectivity index (χ4n) is 3.75. The molecule has 136 valence electrons. The second-order valence-corrected chi connectivity index (χ2v) is 6.85. The average molecular weight is 352 g/mol. The maximum absolute atomic E-state index is 6.33. The Morgan fingerprint density at radius 2 is 2.00 bits per heavy atom. The standard InChI is InChI=1S/C21H24N2O3/c1-5-21(2)23-18(16-8-6-7-9-19(16)26-21)13-17(22-23)15-11-10-14(24-3)12-20(15)25-4/h6-12,18H,5,13H2,1-4H3. The van der Waals surface area contributed by atoms with E-state index in [-0.39, 0.29) is 6.04 Å². The number of para-hydroxylation sites is 1. The van der Waals surface area contributed by atoms with Gasteiger partial charge >= 0.3 is 0 Å². The van der Waals surface area contributed by atoms with E-state index in [0.29, 0.717) is 0 Å². The zero-order valence-electron chi connectivity index (χ0n) is 15.7. The molecule has 4 rings (SSSR count). The molecule has 0 fully saturated rings. The van der Waals surface area contributed by atoms with Crippen LogP contribution in [0.2, 0.25) is 0 Å². The lowest BCUT2D eigenvalue weighted by Gasteiger charge is -2.45. The van der Waals surface area contributed by atoms with Crippen molar-refractivity contribution in [2.45, 2.75) is 38.5 Å². The first-order valence-corrected chi connectivity index (χ1v) is 8.96. The van der Waals surface area contributed by atoms with Crippen molar-refractivity contribution in [1.82, 2.24) is 5.01 Å². The van der Waals surface area contributed by atoms with E-state index in [1.807, 2.05) is 30.3 Å². The number of rotatable bonds is 4. The lowest BCUT2D eigenvalue weighted by Crippen LogP contribution is -2.50. The Hall–Kier alpha value is -2.69. The number of ether oxygens (including phenoxy) is 3. The molecule has 26 heavy (non-hydrogen) atoms. The Kier molecular flexibility index (Phi) is 4.02. The van der Waals surface area contributed by atoms with Crippen molar-refractivity contribution in [3.05, 3.63) is 53.6 Å². The molecule has 2 heterocycles. The first kappa shape index (κ1) is 16.8. The molecule has 0 N–H and O–H groups in total. The summed E-state index contributed by atoms with van der Waals surface area (Å²) in [5.41, 5.74) is 2.73. The van der Waals surface area contributed by atoms with Crippen LogP contribution in [0.4, 0.5) is 0 Å². The molecule has 2 aliphatic heterocycles. The van der Waals surface area contributed by atoms with E-state index in [1.165, 1.54) is 5.56 Å². The van der Waals surface area contributed by atoms with Gasteiger partial charge in [-0.05, 0) is 25.1 Å². The molecule has 0 bridgehead atoms. The predicted molar refractivity (Wildman–Crippen MR) is 101 cm³/mol. The van der Waals surface area contributed by atoms with Crippen LogP contribution in [-0.4, -0.2) is 30.7 Å². The molecule has 2 aliphatic rings. The highest BCUT2D eigenvalue weighted by molar-refractivity contribution is 6.04. The van der Waals surface area contributed by atoms with Gasteiger partial charge in [0.15, 0.2) is 5.72 Å². The van der Waals surface area contributed by atoms with Crippen LogP contribution < -0.4 is 14.2 Å². The van der Waals surface area contributed by atoms with Gasteiger partial charge in [-0.1, -0.05) is 25.1 Å². The minimum absolute atomic E-state index is 0.173. The molecule has 2 atom stereocenters. The van der Waals surface area contributed by atoms with E-state index < -0.39 is 5.72 Å². The van der Waals surface area contributed by atoms with Crippen LogP contribution in [0.25, 0.3) is 0 Å². The first-order valence-electron chi connectivity index (χ1n) is 8.96. The third-order valence-electron chi connectivity index (χ3n) is 5.38. The molecule has 0 spiro atoms. The van der Waals surface area contributed by atoms with Gasteiger partial charge in [0.2, 0.25) is 0 Å². The largest absolute Gasteiger partial charge is 0.497 e. The van der Waals surface area contributed by atoms with Crippen molar-refractivity contribution in [2.75, 3.05) is 14.2 Å². The summed E-state index contributed by atoms with van der Waals surface area (Å²) in [6.45, 7) is 4.24. The minimum atomic E-state index is -0.458. The molecule has 0 saturated heterocycles. The molecule has 2 aromatic carbocycles. The van der Waals surface area contributed by atoms with Crippen LogP contribution in [0.1, 0.15) is 43.9 Å². The van der Waals surface area contributed by atoms with Crippen molar-refractivity contribution in [1.29, 1.82) is 0 Å². The third kappa shape index (κ3) is 2.50. The van der Waals surface area contributed by atoms with Gasteiger partial charge in [0.05, 0.1) is 26.0 Å². The lowest BCUT2D eigenvalue weighted by atomic mass is 9.94. The van der Waals surface area contributed by atoms with Crippen molar-refractivity contribution >= 4 is 5.71 Å². The maximum Gasteiger partial charge on any atom is 0.195 e. The summed E-state index contributed by atoms with van der Waals surface area (Å²) >= 11 is 0. The van der Waals surface area contributed by atoms with Gasteiger partial charge < -0.3 is 14.2 Å². The lowest BCUT2D eigenvalue weighted by molar-refractivity contribution is -0.108. The summed E-state index contributed by atoms with van der Waals surface area (Å²) in [6.07, 6.45) is 1.66. The van der Waals surface area contributed by atoms with Gasteiger partial charge in [-0.15, -0.1) is 0 Å². The highest BCUT2D eigenvalue weighted by Crippen LogP contribution is 2.48. The van der Waals surface area contributed by atoms with E-state index >= 15 is 0 Å². The number of fused-ring (bicyclic) bond motifs is 3. The van der Waals surface area contributed by atoms with E-state index in [4.69, 9.17) is 19.3 Å². The topological polar surface area (TPSA) is 43.3 Å². The Morgan fingerprint density at radius 1 is 1.19 bits per heavy atom. The average Bonchev–Trinajstić information content (AvgIpc) is 3.14. The zero-order valence-corrected chi connectivity index (χ0v) is 15.7. The fourth-order valence-corrected chi connectivity index (χ4v) is 3.75. The number of hydrogen-bond donors (Lipinski definition) is 0. The van der Waals surface area contributed by atoms with Crippen LogP contribution in [0.5, 0.6) is 17.2 Å². The maximum atomic E-state index is 6.33. The van der Waals surface area contributed by atoms with Crippen molar-refractivity contribution in [3.63, 3.8) is 0 Å². The van der Waals surface area contributed by atoms with Crippen molar-refractivity contribution < 1.29 is 14.2 Å². The Balaban J connectivity index is 1.78. The van der Waals surface area contributed by atoms with Crippen LogP contribution in [0.15, 0.2) is 47.6 Å². The smallest absolute Gasteiger partial charge is 0.195 e. The molecule has 0 saturated carbocycles. The highest BCUT2D eigenvalue weighted by Gasteiger charge is 2.46. The number of hydrazone groups is 1.